The number of hydrogen-bond acceptors (Lipinski definition) is 2. The Morgan fingerprint density at radius 2 is 1.71 bits per heavy atom. The molecule has 3 nitrogen and oxygen atoms in total. The smallest absolute Gasteiger partial charge is 0.230 e. The molecule has 0 aliphatic rings. The summed E-state index contributed by atoms with van der Waals surface area (Å²) < 4.78 is 29.1. The van der Waals surface area contributed by atoms with Gasteiger partial charge in [-0.1, -0.05) is 30.3 Å². The molecule has 0 N–H and O–H groups in total. The summed E-state index contributed by atoms with van der Waals surface area (Å²) in [4.78, 5) is 0. The highest BCUT2D eigenvalue weighted by molar-refractivity contribution is 9.10. The van der Waals surface area contributed by atoms with Gasteiger partial charge in [0.2, 0.25) is 5.28 Å². The molecule has 0 saturated carbocycles. The molecule has 1 aromatic heterocycles. The lowest BCUT2D eigenvalue weighted by atomic mass is 10.2. The zero-order valence-corrected chi connectivity index (χ0v) is 12.7. The molecule has 0 unspecified atom stereocenters. The van der Waals surface area contributed by atoms with E-state index in [9.17, 15) is 8.78 Å². The number of benzene rings is 2. The molecule has 2 aromatic carbocycles. The van der Waals surface area contributed by atoms with E-state index in [-0.39, 0.29) is 15.4 Å². The molecule has 106 valence electrons. The molecule has 7 heteroatoms. The van der Waals surface area contributed by atoms with Crippen molar-refractivity contribution < 1.29 is 8.78 Å². The Balaban J connectivity index is 2.25. The van der Waals surface area contributed by atoms with Crippen LogP contribution in [-0.4, -0.2) is 14.8 Å². The third-order valence-corrected chi connectivity index (χ3v) is 3.74. The van der Waals surface area contributed by atoms with Gasteiger partial charge in [0, 0.05) is 11.6 Å². The van der Waals surface area contributed by atoms with Crippen LogP contribution < -0.4 is 0 Å². The fourth-order valence-electron chi connectivity index (χ4n) is 1.94. The molecule has 3 rings (SSSR count). The first-order valence-electron chi connectivity index (χ1n) is 5.89. The molecule has 1 heterocycles. The number of hydrogen-bond donors (Lipinski definition) is 0. The zero-order chi connectivity index (χ0) is 15.0. The molecule has 0 radical (unpaired) electrons. The lowest BCUT2D eigenvalue weighted by Gasteiger charge is -2.10. The second kappa shape index (κ2) is 5.54. The van der Waals surface area contributed by atoms with E-state index in [0.717, 1.165) is 12.1 Å². The Morgan fingerprint density at radius 3 is 2.43 bits per heavy atom. The number of halogens is 4. The maximum atomic E-state index is 14.1. The van der Waals surface area contributed by atoms with Crippen LogP contribution >= 0.6 is 27.5 Å². The van der Waals surface area contributed by atoms with Gasteiger partial charge in [-0.3, -0.25) is 4.57 Å². The van der Waals surface area contributed by atoms with Gasteiger partial charge in [0.25, 0.3) is 0 Å². The van der Waals surface area contributed by atoms with Crippen molar-refractivity contribution in [2.24, 2.45) is 0 Å². The average molecular weight is 371 g/mol. The number of rotatable bonds is 2. The molecule has 0 bridgehead atoms. The predicted octanol–water partition coefficient (Wildman–Crippen LogP) is 4.63. The van der Waals surface area contributed by atoms with E-state index in [4.69, 9.17) is 11.6 Å². The minimum absolute atomic E-state index is 0.0363. The number of aromatic nitrogens is 3. The maximum absolute atomic E-state index is 14.1. The molecule has 0 atom stereocenters. The van der Waals surface area contributed by atoms with Gasteiger partial charge in [0.15, 0.2) is 5.82 Å². The molecular formula is C14H7BrClF2N3. The summed E-state index contributed by atoms with van der Waals surface area (Å²) >= 11 is 8.92. The van der Waals surface area contributed by atoms with Crippen LogP contribution in [0.15, 0.2) is 46.9 Å². The van der Waals surface area contributed by atoms with Crippen molar-refractivity contribution in [2.75, 3.05) is 0 Å². The fourth-order valence-corrected chi connectivity index (χ4v) is 2.46. The van der Waals surface area contributed by atoms with Gasteiger partial charge in [0.05, 0.1) is 10.2 Å². The van der Waals surface area contributed by atoms with E-state index in [1.165, 1.54) is 4.57 Å². The largest absolute Gasteiger partial charge is 0.263 e. The lowest BCUT2D eigenvalue weighted by Crippen LogP contribution is -2.02. The second-order valence-electron chi connectivity index (χ2n) is 4.21. The van der Waals surface area contributed by atoms with E-state index < -0.39 is 11.6 Å². The number of nitrogens with zero attached hydrogens (tertiary/aromatic N) is 3. The van der Waals surface area contributed by atoms with Gasteiger partial charge >= 0.3 is 0 Å². The summed E-state index contributed by atoms with van der Waals surface area (Å²) in [6, 6.07) is 11.1. The van der Waals surface area contributed by atoms with Crippen LogP contribution in [0.5, 0.6) is 0 Å². The summed E-state index contributed by atoms with van der Waals surface area (Å²) in [5, 5.41) is 7.63. The first-order valence-corrected chi connectivity index (χ1v) is 7.06. The molecule has 0 aliphatic carbocycles. The van der Waals surface area contributed by atoms with Crippen LogP contribution in [0, 0.1) is 11.6 Å². The molecule has 0 fully saturated rings. The molecule has 0 amide bonds. The van der Waals surface area contributed by atoms with Crippen LogP contribution in [0.1, 0.15) is 0 Å². The van der Waals surface area contributed by atoms with Crippen LogP contribution in [0.2, 0.25) is 5.28 Å². The van der Waals surface area contributed by atoms with Crippen molar-refractivity contribution in [1.29, 1.82) is 0 Å². The van der Waals surface area contributed by atoms with Crippen LogP contribution in [-0.2, 0) is 0 Å². The summed E-state index contributed by atoms with van der Waals surface area (Å²) in [6.07, 6.45) is 0. The van der Waals surface area contributed by atoms with Crippen molar-refractivity contribution in [3.8, 4) is 17.1 Å². The molecule has 0 aliphatic heterocycles. The summed E-state index contributed by atoms with van der Waals surface area (Å²) in [6.45, 7) is 0. The monoisotopic (exact) mass is 369 g/mol. The van der Waals surface area contributed by atoms with Crippen LogP contribution in [0.3, 0.4) is 0 Å². The summed E-state index contributed by atoms with van der Waals surface area (Å²) in [5.41, 5.74) is 0.643. The predicted molar refractivity (Wildman–Crippen MR) is 79.4 cm³/mol. The Bertz CT molecular complexity index is 805. The van der Waals surface area contributed by atoms with E-state index in [2.05, 4.69) is 26.1 Å². The SMILES string of the molecule is Fc1cc(-n2c(Cl)nnc2-c2ccccc2)c(F)cc1Br. The topological polar surface area (TPSA) is 30.7 Å². The molecule has 0 spiro atoms. The maximum Gasteiger partial charge on any atom is 0.230 e. The molecule has 3 aromatic rings. The van der Waals surface area contributed by atoms with Crippen molar-refractivity contribution in [3.63, 3.8) is 0 Å². The Kier molecular flexibility index (Phi) is 3.73. The quantitative estimate of drug-likeness (QED) is 0.616. The van der Waals surface area contributed by atoms with E-state index in [1.54, 1.807) is 24.3 Å². The minimum atomic E-state index is -0.637. The van der Waals surface area contributed by atoms with Crippen molar-refractivity contribution in [2.45, 2.75) is 0 Å². The average Bonchev–Trinajstić information content (AvgIpc) is 2.85. The minimum Gasteiger partial charge on any atom is -0.263 e. The van der Waals surface area contributed by atoms with Crippen molar-refractivity contribution in [3.05, 3.63) is 63.9 Å². The third-order valence-electron chi connectivity index (χ3n) is 2.89. The van der Waals surface area contributed by atoms with Gasteiger partial charge in [0.1, 0.15) is 11.6 Å². The van der Waals surface area contributed by atoms with Gasteiger partial charge in [-0.05, 0) is 33.6 Å². The Labute approximate surface area is 132 Å². The normalized spacial score (nSPS) is 10.9. The summed E-state index contributed by atoms with van der Waals surface area (Å²) in [7, 11) is 0. The lowest BCUT2D eigenvalue weighted by molar-refractivity contribution is 0.587. The summed E-state index contributed by atoms with van der Waals surface area (Å²) in [5.74, 6) is -0.904. The van der Waals surface area contributed by atoms with E-state index >= 15 is 0 Å². The first kappa shape index (κ1) is 14.2. The Hall–Kier alpha value is -1.79. The Morgan fingerprint density at radius 1 is 1.00 bits per heavy atom. The standard InChI is InChI=1S/C14H7BrClF2N3/c15-9-6-11(18)12(7-10(9)17)21-13(19-20-14(21)16)8-4-2-1-3-5-8/h1-7H. The first-order chi connectivity index (χ1) is 10.1. The highest BCUT2D eigenvalue weighted by Crippen LogP contribution is 2.29. The van der Waals surface area contributed by atoms with Gasteiger partial charge in [-0.2, -0.15) is 0 Å². The van der Waals surface area contributed by atoms with Crippen LogP contribution in [0.25, 0.3) is 17.1 Å². The fraction of sp³-hybridized carbons (Fsp3) is 0. The zero-order valence-electron chi connectivity index (χ0n) is 10.4. The van der Waals surface area contributed by atoms with Gasteiger partial charge in [-0.25, -0.2) is 8.78 Å². The van der Waals surface area contributed by atoms with Gasteiger partial charge in [-0.15, -0.1) is 10.2 Å². The van der Waals surface area contributed by atoms with Gasteiger partial charge < -0.3 is 0 Å². The van der Waals surface area contributed by atoms with E-state index in [0.29, 0.717) is 11.4 Å². The highest BCUT2D eigenvalue weighted by Gasteiger charge is 2.18. The highest BCUT2D eigenvalue weighted by atomic mass is 79.9. The van der Waals surface area contributed by atoms with E-state index in [1.807, 2.05) is 6.07 Å². The molecule has 0 saturated heterocycles. The molecular weight excluding hydrogens is 364 g/mol. The van der Waals surface area contributed by atoms with Crippen LogP contribution in [0.4, 0.5) is 8.78 Å². The van der Waals surface area contributed by atoms with Crippen molar-refractivity contribution in [1.82, 2.24) is 14.8 Å². The third kappa shape index (κ3) is 2.56. The second-order valence-corrected chi connectivity index (χ2v) is 5.40. The van der Waals surface area contributed by atoms with Crippen molar-refractivity contribution >= 4 is 27.5 Å². The molecule has 21 heavy (non-hydrogen) atoms.